The molecule has 0 saturated carbocycles. The second-order valence-electron chi connectivity index (χ2n) is 4.52. The van der Waals surface area contributed by atoms with Crippen LogP contribution in [0.1, 0.15) is 18.9 Å². The summed E-state index contributed by atoms with van der Waals surface area (Å²) in [7, 11) is 1.77. The molecule has 1 N–H and O–H groups in total. The topological polar surface area (TPSA) is 21.3 Å². The van der Waals surface area contributed by atoms with Gasteiger partial charge in [0.25, 0.3) is 0 Å². The van der Waals surface area contributed by atoms with Crippen molar-refractivity contribution < 1.29 is 4.74 Å². The molecule has 0 amide bonds. The van der Waals surface area contributed by atoms with Crippen LogP contribution >= 0.6 is 11.8 Å². The lowest BCUT2D eigenvalue weighted by molar-refractivity contribution is 0.164. The zero-order chi connectivity index (χ0) is 12.1. The predicted octanol–water partition coefficient (Wildman–Crippen LogP) is 2.72. The Balaban J connectivity index is 1.79. The van der Waals surface area contributed by atoms with Gasteiger partial charge in [-0.3, -0.25) is 0 Å². The van der Waals surface area contributed by atoms with Crippen LogP contribution in [-0.4, -0.2) is 31.6 Å². The molecule has 0 aliphatic carbocycles. The first-order valence-electron chi connectivity index (χ1n) is 6.30. The fraction of sp³-hybridized carbons (Fsp3) is 0.571. The Morgan fingerprint density at radius 1 is 1.47 bits per heavy atom. The highest BCUT2D eigenvalue weighted by atomic mass is 32.2. The first-order chi connectivity index (χ1) is 8.33. The highest BCUT2D eigenvalue weighted by Crippen LogP contribution is 2.36. The van der Waals surface area contributed by atoms with Crippen LogP contribution in [0.25, 0.3) is 0 Å². The summed E-state index contributed by atoms with van der Waals surface area (Å²) >= 11 is 2.00. The van der Waals surface area contributed by atoms with Crippen molar-refractivity contribution in [1.82, 2.24) is 5.32 Å². The summed E-state index contributed by atoms with van der Waals surface area (Å²) in [6.07, 6.45) is 2.31. The first kappa shape index (κ1) is 12.9. The molecule has 1 heterocycles. The molecule has 17 heavy (non-hydrogen) atoms. The molecule has 1 aromatic rings. The molecule has 0 bridgehead atoms. The van der Waals surface area contributed by atoms with E-state index in [0.29, 0.717) is 11.3 Å². The summed E-state index contributed by atoms with van der Waals surface area (Å²) in [6.45, 7) is 4.08. The summed E-state index contributed by atoms with van der Waals surface area (Å²) in [4.78, 5) is 1.46. The third-order valence-electron chi connectivity index (χ3n) is 3.21. The van der Waals surface area contributed by atoms with E-state index in [4.69, 9.17) is 4.74 Å². The molecule has 2 atom stereocenters. The number of rotatable bonds is 6. The van der Waals surface area contributed by atoms with E-state index in [0.717, 1.165) is 19.6 Å². The highest BCUT2D eigenvalue weighted by molar-refractivity contribution is 8.00. The molecule has 1 aromatic carbocycles. The number of ether oxygens (including phenoxy) is 1. The molecule has 2 nitrogen and oxygen atoms in total. The summed E-state index contributed by atoms with van der Waals surface area (Å²) in [6, 6.07) is 9.22. The van der Waals surface area contributed by atoms with Gasteiger partial charge < -0.3 is 10.1 Å². The summed E-state index contributed by atoms with van der Waals surface area (Å²) in [5.41, 5.74) is 1.50. The van der Waals surface area contributed by atoms with Crippen LogP contribution < -0.4 is 5.32 Å². The Labute approximate surface area is 108 Å². The fourth-order valence-corrected chi connectivity index (χ4v) is 3.45. The van der Waals surface area contributed by atoms with Gasteiger partial charge in [-0.1, -0.05) is 25.1 Å². The molecular formula is C14H21NOS. The van der Waals surface area contributed by atoms with Crippen molar-refractivity contribution in [3.63, 3.8) is 0 Å². The third-order valence-corrected chi connectivity index (χ3v) is 4.53. The van der Waals surface area contributed by atoms with Crippen LogP contribution in [-0.2, 0) is 11.2 Å². The van der Waals surface area contributed by atoms with Gasteiger partial charge in [0.1, 0.15) is 0 Å². The van der Waals surface area contributed by atoms with Gasteiger partial charge >= 0.3 is 0 Å². The van der Waals surface area contributed by atoms with Gasteiger partial charge in [-0.15, -0.1) is 11.8 Å². The van der Waals surface area contributed by atoms with Crippen molar-refractivity contribution in [1.29, 1.82) is 0 Å². The Bertz CT molecular complexity index is 331. The molecule has 0 fully saturated rings. The molecule has 0 spiro atoms. The number of hydrogen-bond donors (Lipinski definition) is 1. The van der Waals surface area contributed by atoms with Gasteiger partial charge in [0.15, 0.2) is 0 Å². The molecule has 0 saturated heterocycles. The Morgan fingerprint density at radius 3 is 3.00 bits per heavy atom. The van der Waals surface area contributed by atoms with E-state index in [1.165, 1.54) is 16.9 Å². The lowest BCUT2D eigenvalue weighted by Crippen LogP contribution is -2.37. The summed E-state index contributed by atoms with van der Waals surface area (Å²) in [5, 5.41) is 4.28. The SMILES string of the molecule is CCC(COC)NCC1Cc2ccccc2S1. The van der Waals surface area contributed by atoms with E-state index < -0.39 is 0 Å². The van der Waals surface area contributed by atoms with E-state index in [1.54, 1.807) is 7.11 Å². The maximum absolute atomic E-state index is 5.20. The van der Waals surface area contributed by atoms with E-state index in [2.05, 4.69) is 36.5 Å². The van der Waals surface area contributed by atoms with E-state index in [9.17, 15) is 0 Å². The number of thioether (sulfide) groups is 1. The number of benzene rings is 1. The predicted molar refractivity (Wildman–Crippen MR) is 73.7 cm³/mol. The number of hydrogen-bond acceptors (Lipinski definition) is 3. The average Bonchev–Trinajstić information content (AvgIpc) is 2.77. The molecule has 2 unspecified atom stereocenters. The standard InChI is InChI=1S/C14H21NOS/c1-3-12(10-16-2)15-9-13-8-11-6-4-5-7-14(11)17-13/h4-7,12-13,15H,3,8-10H2,1-2H3. The first-order valence-corrected chi connectivity index (χ1v) is 7.18. The molecule has 3 heteroatoms. The van der Waals surface area contributed by atoms with Crippen LogP contribution in [0, 0.1) is 0 Å². The maximum Gasteiger partial charge on any atom is 0.0615 e. The Hall–Kier alpha value is -0.510. The average molecular weight is 251 g/mol. The van der Waals surface area contributed by atoms with Gasteiger partial charge in [-0.05, 0) is 24.5 Å². The van der Waals surface area contributed by atoms with Gasteiger partial charge in [0.05, 0.1) is 6.61 Å². The van der Waals surface area contributed by atoms with Gasteiger partial charge in [0.2, 0.25) is 0 Å². The minimum absolute atomic E-state index is 0.490. The van der Waals surface area contributed by atoms with Crippen molar-refractivity contribution in [2.45, 2.75) is 36.0 Å². The van der Waals surface area contributed by atoms with E-state index in [-0.39, 0.29) is 0 Å². The molecule has 2 rings (SSSR count). The number of methoxy groups -OCH3 is 1. The second kappa shape index (κ2) is 6.43. The Kier molecular flexibility index (Phi) is 4.89. The van der Waals surface area contributed by atoms with Crippen molar-refractivity contribution >= 4 is 11.8 Å². The van der Waals surface area contributed by atoms with Crippen molar-refractivity contribution in [2.75, 3.05) is 20.3 Å². The highest BCUT2D eigenvalue weighted by Gasteiger charge is 2.22. The minimum Gasteiger partial charge on any atom is -0.383 e. The molecule has 0 radical (unpaired) electrons. The fourth-order valence-electron chi connectivity index (χ4n) is 2.19. The normalized spacial score (nSPS) is 20.2. The van der Waals surface area contributed by atoms with Crippen LogP contribution in [0.15, 0.2) is 29.2 Å². The largest absolute Gasteiger partial charge is 0.383 e. The molecular weight excluding hydrogens is 230 g/mol. The van der Waals surface area contributed by atoms with Crippen molar-refractivity contribution in [2.24, 2.45) is 0 Å². The Morgan fingerprint density at radius 2 is 2.29 bits per heavy atom. The van der Waals surface area contributed by atoms with Gasteiger partial charge in [0, 0.05) is 29.8 Å². The lowest BCUT2D eigenvalue weighted by Gasteiger charge is -2.18. The van der Waals surface area contributed by atoms with Gasteiger partial charge in [-0.25, -0.2) is 0 Å². The van der Waals surface area contributed by atoms with E-state index in [1.807, 2.05) is 11.8 Å². The zero-order valence-corrected chi connectivity index (χ0v) is 11.4. The van der Waals surface area contributed by atoms with Crippen LogP contribution in [0.4, 0.5) is 0 Å². The van der Waals surface area contributed by atoms with Gasteiger partial charge in [-0.2, -0.15) is 0 Å². The molecule has 94 valence electrons. The smallest absolute Gasteiger partial charge is 0.0615 e. The number of nitrogens with one attached hydrogen (secondary N) is 1. The number of fused-ring (bicyclic) bond motifs is 1. The third kappa shape index (κ3) is 3.47. The maximum atomic E-state index is 5.20. The monoisotopic (exact) mass is 251 g/mol. The lowest BCUT2D eigenvalue weighted by atomic mass is 10.1. The summed E-state index contributed by atoms with van der Waals surface area (Å²) < 4.78 is 5.20. The minimum atomic E-state index is 0.490. The molecule has 1 aliphatic heterocycles. The van der Waals surface area contributed by atoms with Crippen molar-refractivity contribution in [3.8, 4) is 0 Å². The van der Waals surface area contributed by atoms with E-state index >= 15 is 0 Å². The van der Waals surface area contributed by atoms with Crippen LogP contribution in [0.2, 0.25) is 0 Å². The van der Waals surface area contributed by atoms with Crippen molar-refractivity contribution in [3.05, 3.63) is 29.8 Å². The second-order valence-corrected chi connectivity index (χ2v) is 5.86. The zero-order valence-electron chi connectivity index (χ0n) is 10.6. The molecule has 1 aliphatic rings. The quantitative estimate of drug-likeness (QED) is 0.840. The molecule has 0 aromatic heterocycles. The van der Waals surface area contributed by atoms with Crippen LogP contribution in [0.3, 0.4) is 0 Å². The van der Waals surface area contributed by atoms with Crippen LogP contribution in [0.5, 0.6) is 0 Å². The summed E-state index contributed by atoms with van der Waals surface area (Å²) in [5.74, 6) is 0.